The van der Waals surface area contributed by atoms with E-state index >= 15 is 0 Å². The third-order valence-electron chi connectivity index (χ3n) is 6.55. The SMILES string of the molecule is N#CC1CCC(F)(F)CN1C(=O)CNC(=O)c1ccnc2ccc(-c3ccc4cc(Cl)ccc4c3)cc12. The number of rotatable bonds is 4. The average molecular weight is 519 g/mol. The van der Waals surface area contributed by atoms with E-state index in [1.807, 2.05) is 60.7 Å². The van der Waals surface area contributed by atoms with Crippen LogP contribution in [0.2, 0.25) is 5.02 Å². The number of fused-ring (bicyclic) bond motifs is 2. The Bertz CT molecular complexity index is 1580. The van der Waals surface area contributed by atoms with Gasteiger partial charge in [0.15, 0.2) is 0 Å². The number of aromatic nitrogens is 1. The summed E-state index contributed by atoms with van der Waals surface area (Å²) in [5.74, 6) is -4.32. The number of carbonyl (C=O) groups is 2. The van der Waals surface area contributed by atoms with E-state index in [4.69, 9.17) is 11.6 Å². The molecule has 0 spiro atoms. The molecule has 1 fully saturated rings. The van der Waals surface area contributed by atoms with Crippen LogP contribution in [-0.4, -0.2) is 46.8 Å². The van der Waals surface area contributed by atoms with Crippen molar-refractivity contribution in [3.05, 3.63) is 77.4 Å². The second-order valence-corrected chi connectivity index (χ2v) is 9.48. The molecule has 4 aromatic rings. The molecule has 5 rings (SSSR count). The van der Waals surface area contributed by atoms with E-state index in [0.29, 0.717) is 21.5 Å². The Kier molecular flexibility index (Phi) is 6.48. The third kappa shape index (κ3) is 5.09. The van der Waals surface area contributed by atoms with Crippen molar-refractivity contribution in [1.82, 2.24) is 15.2 Å². The van der Waals surface area contributed by atoms with Gasteiger partial charge in [0.25, 0.3) is 11.8 Å². The van der Waals surface area contributed by atoms with E-state index < -0.39 is 43.3 Å². The molecule has 3 aromatic carbocycles. The highest BCUT2D eigenvalue weighted by Crippen LogP contribution is 2.31. The summed E-state index contributed by atoms with van der Waals surface area (Å²) in [5, 5.41) is 15.0. The zero-order chi connectivity index (χ0) is 26.2. The highest BCUT2D eigenvalue weighted by molar-refractivity contribution is 6.31. The fourth-order valence-electron chi connectivity index (χ4n) is 4.61. The fraction of sp³-hybridized carbons (Fsp3) is 0.214. The van der Waals surface area contributed by atoms with Crippen LogP contribution in [0, 0.1) is 11.3 Å². The summed E-state index contributed by atoms with van der Waals surface area (Å²) in [6.07, 6.45) is 0.940. The quantitative estimate of drug-likeness (QED) is 0.381. The van der Waals surface area contributed by atoms with Crippen LogP contribution < -0.4 is 5.32 Å². The third-order valence-corrected chi connectivity index (χ3v) is 6.79. The molecule has 0 radical (unpaired) electrons. The average Bonchev–Trinajstić information content (AvgIpc) is 2.90. The maximum Gasteiger partial charge on any atom is 0.265 e. The molecular weight excluding hydrogens is 498 g/mol. The maximum absolute atomic E-state index is 13.8. The van der Waals surface area contributed by atoms with Crippen LogP contribution in [0.1, 0.15) is 23.2 Å². The van der Waals surface area contributed by atoms with Crippen LogP contribution in [0.15, 0.2) is 66.9 Å². The highest BCUT2D eigenvalue weighted by atomic mass is 35.5. The van der Waals surface area contributed by atoms with Gasteiger partial charge in [-0.25, -0.2) is 8.78 Å². The molecule has 1 atom stereocenters. The predicted octanol–water partition coefficient (Wildman–Crippen LogP) is 5.59. The zero-order valence-electron chi connectivity index (χ0n) is 19.5. The number of hydrogen-bond acceptors (Lipinski definition) is 4. The molecule has 2 amide bonds. The van der Waals surface area contributed by atoms with Crippen molar-refractivity contribution in [2.45, 2.75) is 24.8 Å². The van der Waals surface area contributed by atoms with Crippen LogP contribution >= 0.6 is 11.6 Å². The standard InChI is InChI=1S/C28H21ClF2N4O2/c29-21-5-3-18-11-17(1-2-19(18)12-21)20-4-6-25-24(13-20)23(8-10-33-25)27(37)34-15-26(36)35-16-28(30,31)9-7-22(35)14-32/h1-6,8,10-13,22H,7,9,15-16H2,(H,34,37). The summed E-state index contributed by atoms with van der Waals surface area (Å²) in [7, 11) is 0. The number of nitriles is 1. The first-order valence-electron chi connectivity index (χ1n) is 11.7. The monoisotopic (exact) mass is 518 g/mol. The highest BCUT2D eigenvalue weighted by Gasteiger charge is 2.42. The Hall–Kier alpha value is -4.09. The number of hydrogen-bond donors (Lipinski definition) is 1. The second-order valence-electron chi connectivity index (χ2n) is 9.04. The Morgan fingerprint density at radius 1 is 1.08 bits per heavy atom. The molecular formula is C28H21ClF2N4O2. The Balaban J connectivity index is 1.39. The minimum absolute atomic E-state index is 0.108. The van der Waals surface area contributed by atoms with Crippen LogP contribution in [0.5, 0.6) is 0 Å². The lowest BCUT2D eigenvalue weighted by molar-refractivity contribution is -0.143. The molecule has 1 unspecified atom stereocenters. The van der Waals surface area contributed by atoms with Gasteiger partial charge in [0.2, 0.25) is 5.91 Å². The number of halogens is 3. The van der Waals surface area contributed by atoms with E-state index in [1.54, 1.807) is 6.07 Å². The van der Waals surface area contributed by atoms with E-state index in [0.717, 1.165) is 26.8 Å². The summed E-state index contributed by atoms with van der Waals surface area (Å²) in [6, 6.07) is 19.7. The van der Waals surface area contributed by atoms with Crippen LogP contribution in [0.25, 0.3) is 32.8 Å². The number of piperidine rings is 1. The second kappa shape index (κ2) is 9.75. The van der Waals surface area contributed by atoms with Crippen molar-refractivity contribution in [3.8, 4) is 17.2 Å². The lowest BCUT2D eigenvalue weighted by atomic mass is 9.98. The fourth-order valence-corrected chi connectivity index (χ4v) is 4.79. The molecule has 2 heterocycles. The van der Waals surface area contributed by atoms with Crippen molar-refractivity contribution < 1.29 is 18.4 Å². The molecule has 0 saturated carbocycles. The predicted molar refractivity (Wildman–Crippen MR) is 137 cm³/mol. The summed E-state index contributed by atoms with van der Waals surface area (Å²) in [6.45, 7) is -1.33. The number of benzene rings is 3. The number of nitrogens with one attached hydrogen (secondary N) is 1. The van der Waals surface area contributed by atoms with Gasteiger partial charge in [0.1, 0.15) is 6.04 Å². The van der Waals surface area contributed by atoms with Gasteiger partial charge in [-0.3, -0.25) is 14.6 Å². The summed E-state index contributed by atoms with van der Waals surface area (Å²) in [5.41, 5.74) is 2.70. The van der Waals surface area contributed by atoms with Gasteiger partial charge in [-0.05, 0) is 64.7 Å². The van der Waals surface area contributed by atoms with Gasteiger partial charge in [-0.1, -0.05) is 35.9 Å². The summed E-state index contributed by atoms with van der Waals surface area (Å²) < 4.78 is 27.7. The van der Waals surface area contributed by atoms with Crippen LogP contribution in [-0.2, 0) is 4.79 Å². The first kappa shape index (κ1) is 24.6. The van der Waals surface area contributed by atoms with Gasteiger partial charge in [0.05, 0.1) is 30.2 Å². The summed E-state index contributed by atoms with van der Waals surface area (Å²) in [4.78, 5) is 30.9. The Morgan fingerprint density at radius 3 is 2.62 bits per heavy atom. The topological polar surface area (TPSA) is 86.1 Å². The lowest BCUT2D eigenvalue weighted by Crippen LogP contribution is -2.53. The largest absolute Gasteiger partial charge is 0.343 e. The number of alkyl halides is 2. The minimum atomic E-state index is -3.06. The van der Waals surface area contributed by atoms with Gasteiger partial charge in [-0.15, -0.1) is 0 Å². The molecule has 1 saturated heterocycles. The minimum Gasteiger partial charge on any atom is -0.343 e. The van der Waals surface area contributed by atoms with E-state index in [9.17, 15) is 23.6 Å². The van der Waals surface area contributed by atoms with E-state index in [2.05, 4.69) is 10.3 Å². The molecule has 0 aliphatic carbocycles. The van der Waals surface area contributed by atoms with Crippen LogP contribution in [0.3, 0.4) is 0 Å². The van der Waals surface area contributed by atoms with Gasteiger partial charge >= 0.3 is 0 Å². The van der Waals surface area contributed by atoms with Crippen molar-refractivity contribution in [2.75, 3.05) is 13.1 Å². The molecule has 37 heavy (non-hydrogen) atoms. The normalized spacial score (nSPS) is 16.9. The maximum atomic E-state index is 13.8. The van der Waals surface area contributed by atoms with Gasteiger partial charge in [0, 0.05) is 23.0 Å². The van der Waals surface area contributed by atoms with E-state index in [-0.39, 0.29) is 6.42 Å². The number of likely N-dealkylation sites (tertiary alicyclic amines) is 1. The van der Waals surface area contributed by atoms with Crippen molar-refractivity contribution in [1.29, 1.82) is 5.26 Å². The van der Waals surface area contributed by atoms with Crippen molar-refractivity contribution in [3.63, 3.8) is 0 Å². The smallest absolute Gasteiger partial charge is 0.265 e. The van der Waals surface area contributed by atoms with Crippen molar-refractivity contribution >= 4 is 45.1 Å². The molecule has 9 heteroatoms. The Labute approximate surface area is 216 Å². The zero-order valence-corrected chi connectivity index (χ0v) is 20.3. The summed E-state index contributed by atoms with van der Waals surface area (Å²) >= 11 is 6.09. The molecule has 186 valence electrons. The molecule has 1 aliphatic rings. The van der Waals surface area contributed by atoms with E-state index in [1.165, 1.54) is 6.20 Å². The molecule has 1 aromatic heterocycles. The van der Waals surface area contributed by atoms with Crippen molar-refractivity contribution in [2.24, 2.45) is 0 Å². The molecule has 1 aliphatic heterocycles. The van der Waals surface area contributed by atoms with Crippen LogP contribution in [0.4, 0.5) is 8.78 Å². The molecule has 1 N–H and O–H groups in total. The number of pyridine rings is 1. The first-order valence-corrected chi connectivity index (χ1v) is 12.1. The van der Waals surface area contributed by atoms with Gasteiger partial charge < -0.3 is 10.2 Å². The molecule has 6 nitrogen and oxygen atoms in total. The molecule has 0 bridgehead atoms. The number of amides is 2. The van der Waals surface area contributed by atoms with Gasteiger partial charge in [-0.2, -0.15) is 5.26 Å². The lowest BCUT2D eigenvalue weighted by Gasteiger charge is -2.36. The number of nitrogens with zero attached hydrogens (tertiary/aromatic N) is 3. The first-order chi connectivity index (χ1) is 17.7. The Morgan fingerprint density at radius 2 is 1.81 bits per heavy atom. The number of carbonyl (C=O) groups excluding carboxylic acids is 2.